The lowest BCUT2D eigenvalue weighted by Crippen LogP contribution is -2.14. The van der Waals surface area contributed by atoms with E-state index in [1.807, 2.05) is 0 Å². The second kappa shape index (κ2) is 6.33. The molecule has 0 saturated heterocycles. The summed E-state index contributed by atoms with van der Waals surface area (Å²) in [5.74, 6) is -0.511. The number of hydrogen-bond acceptors (Lipinski definition) is 2. The van der Waals surface area contributed by atoms with Crippen LogP contribution >= 0.6 is 12.4 Å². The lowest BCUT2D eigenvalue weighted by atomic mass is 10.1. The van der Waals surface area contributed by atoms with Gasteiger partial charge in [-0.05, 0) is 18.2 Å². The molecule has 19 heavy (non-hydrogen) atoms. The van der Waals surface area contributed by atoms with Crippen LogP contribution in [0.2, 0.25) is 0 Å². The Morgan fingerprint density at radius 3 is 1.63 bits per heavy atom. The Hall–Kier alpha value is -1.15. The number of nitrogens with two attached hydrogens (primary N) is 1. The van der Waals surface area contributed by atoms with Crippen LogP contribution in [0.15, 0.2) is 18.2 Å². The summed E-state index contributed by atoms with van der Waals surface area (Å²) < 4.78 is 79.2. The quantitative estimate of drug-likeness (QED) is 0.868. The third kappa shape index (κ3) is 5.15. The first kappa shape index (κ1) is 17.8. The molecule has 0 atom stereocenters. The smallest absolute Gasteiger partial charge is 0.416 e. The van der Waals surface area contributed by atoms with Crippen LogP contribution in [-0.2, 0) is 12.4 Å². The Morgan fingerprint density at radius 1 is 0.895 bits per heavy atom. The lowest BCUT2D eigenvalue weighted by molar-refractivity contribution is -0.143. The van der Waals surface area contributed by atoms with Crippen molar-refractivity contribution in [3.63, 3.8) is 0 Å². The zero-order valence-corrected chi connectivity index (χ0v) is 10.1. The molecule has 110 valence electrons. The van der Waals surface area contributed by atoms with Crippen molar-refractivity contribution in [2.75, 3.05) is 13.2 Å². The molecule has 9 heteroatoms. The molecular weight excluding hydrogens is 300 g/mol. The summed E-state index contributed by atoms with van der Waals surface area (Å²) in [6.07, 6.45) is -9.75. The van der Waals surface area contributed by atoms with Crippen LogP contribution in [0.3, 0.4) is 0 Å². The van der Waals surface area contributed by atoms with Gasteiger partial charge >= 0.3 is 12.4 Å². The molecule has 0 spiro atoms. The van der Waals surface area contributed by atoms with Crippen molar-refractivity contribution in [1.82, 2.24) is 0 Å². The Kier molecular flexibility index (Phi) is 5.95. The maximum atomic E-state index is 12.4. The van der Waals surface area contributed by atoms with Gasteiger partial charge in [0.2, 0.25) is 0 Å². The minimum absolute atomic E-state index is 0. The van der Waals surface area contributed by atoms with Crippen LogP contribution < -0.4 is 10.5 Å². The number of alkyl halides is 6. The Bertz CT molecular complexity index is 385. The summed E-state index contributed by atoms with van der Waals surface area (Å²) >= 11 is 0. The van der Waals surface area contributed by atoms with E-state index in [0.29, 0.717) is 12.1 Å². The molecule has 0 heterocycles. The first-order valence-corrected chi connectivity index (χ1v) is 4.77. The number of benzene rings is 1. The molecule has 1 aromatic rings. The molecule has 0 aromatic heterocycles. The summed E-state index contributed by atoms with van der Waals surface area (Å²) in [4.78, 5) is 0. The molecule has 1 rings (SSSR count). The fourth-order valence-electron chi connectivity index (χ4n) is 1.19. The molecule has 0 radical (unpaired) electrons. The average Bonchev–Trinajstić information content (AvgIpc) is 2.23. The van der Waals surface area contributed by atoms with E-state index < -0.39 is 29.2 Å². The van der Waals surface area contributed by atoms with E-state index in [2.05, 4.69) is 0 Å². The van der Waals surface area contributed by atoms with Crippen molar-refractivity contribution >= 4 is 12.4 Å². The van der Waals surface area contributed by atoms with Gasteiger partial charge in [-0.15, -0.1) is 12.4 Å². The minimum atomic E-state index is -4.87. The Labute approximate surface area is 110 Å². The second-order valence-corrected chi connectivity index (χ2v) is 3.38. The van der Waals surface area contributed by atoms with E-state index in [9.17, 15) is 26.3 Å². The summed E-state index contributed by atoms with van der Waals surface area (Å²) in [6, 6.07) is 1.05. The lowest BCUT2D eigenvalue weighted by Gasteiger charge is -2.14. The zero-order valence-electron chi connectivity index (χ0n) is 9.31. The van der Waals surface area contributed by atoms with Crippen LogP contribution in [0.4, 0.5) is 26.3 Å². The summed E-state index contributed by atoms with van der Waals surface area (Å²) in [5, 5.41) is 0. The highest BCUT2D eigenvalue weighted by Crippen LogP contribution is 2.38. The van der Waals surface area contributed by atoms with E-state index in [0.717, 1.165) is 0 Å². The van der Waals surface area contributed by atoms with E-state index >= 15 is 0 Å². The van der Waals surface area contributed by atoms with Crippen LogP contribution in [0, 0.1) is 0 Å². The van der Waals surface area contributed by atoms with Gasteiger partial charge in [-0.3, -0.25) is 0 Å². The topological polar surface area (TPSA) is 35.2 Å². The van der Waals surface area contributed by atoms with Crippen molar-refractivity contribution < 1.29 is 31.1 Å². The maximum Gasteiger partial charge on any atom is 0.416 e. The van der Waals surface area contributed by atoms with Crippen molar-refractivity contribution in [2.45, 2.75) is 12.4 Å². The van der Waals surface area contributed by atoms with Gasteiger partial charge in [0.05, 0.1) is 11.1 Å². The van der Waals surface area contributed by atoms with E-state index in [1.165, 1.54) is 0 Å². The molecule has 0 aliphatic heterocycles. The Balaban J connectivity index is 0.00000324. The third-order valence-electron chi connectivity index (χ3n) is 1.95. The monoisotopic (exact) mass is 309 g/mol. The molecule has 0 bridgehead atoms. The fourth-order valence-corrected chi connectivity index (χ4v) is 1.19. The number of hydrogen-bond donors (Lipinski definition) is 1. The van der Waals surface area contributed by atoms with Gasteiger partial charge in [0, 0.05) is 6.54 Å². The predicted molar refractivity (Wildman–Crippen MR) is 58.2 cm³/mol. The molecule has 0 amide bonds. The van der Waals surface area contributed by atoms with Gasteiger partial charge in [0.25, 0.3) is 0 Å². The summed E-state index contributed by atoms with van der Waals surface area (Å²) in [5.41, 5.74) is 2.23. The molecular formula is C10H10ClF6NO. The third-order valence-corrected chi connectivity index (χ3v) is 1.95. The zero-order chi connectivity index (χ0) is 14.0. The number of halogens is 7. The highest BCUT2D eigenvalue weighted by atomic mass is 35.5. The minimum Gasteiger partial charge on any atom is -0.492 e. The average molecular weight is 310 g/mol. The van der Waals surface area contributed by atoms with Gasteiger partial charge in [-0.2, -0.15) is 26.3 Å². The molecule has 1 aromatic carbocycles. The predicted octanol–water partition coefficient (Wildman–Crippen LogP) is 3.48. The standard InChI is InChI=1S/C10H9F6NO.ClH/c11-9(12,13)6-3-7(10(14,15)16)5-8(4-6)18-2-1-17;/h3-5H,1-2,17H2;1H. The van der Waals surface area contributed by atoms with Crippen molar-refractivity contribution in [3.8, 4) is 5.75 Å². The number of ether oxygens (including phenoxy) is 1. The van der Waals surface area contributed by atoms with Crippen molar-refractivity contribution in [3.05, 3.63) is 29.3 Å². The largest absolute Gasteiger partial charge is 0.492 e. The van der Waals surface area contributed by atoms with E-state index in [1.54, 1.807) is 0 Å². The van der Waals surface area contributed by atoms with E-state index in [-0.39, 0.29) is 31.6 Å². The van der Waals surface area contributed by atoms with Crippen LogP contribution in [0.1, 0.15) is 11.1 Å². The van der Waals surface area contributed by atoms with Crippen molar-refractivity contribution in [1.29, 1.82) is 0 Å². The molecule has 2 N–H and O–H groups in total. The van der Waals surface area contributed by atoms with Gasteiger partial charge in [0.15, 0.2) is 0 Å². The molecule has 0 unspecified atom stereocenters. The van der Waals surface area contributed by atoms with Gasteiger partial charge in [-0.1, -0.05) is 0 Å². The van der Waals surface area contributed by atoms with Gasteiger partial charge < -0.3 is 10.5 Å². The summed E-state index contributed by atoms with van der Waals surface area (Å²) in [7, 11) is 0. The van der Waals surface area contributed by atoms with Gasteiger partial charge in [-0.25, -0.2) is 0 Å². The molecule has 0 aliphatic carbocycles. The molecule has 0 aliphatic rings. The SMILES string of the molecule is Cl.NCCOc1cc(C(F)(F)F)cc(C(F)(F)F)c1. The highest BCUT2D eigenvalue weighted by molar-refractivity contribution is 5.85. The second-order valence-electron chi connectivity index (χ2n) is 3.38. The highest BCUT2D eigenvalue weighted by Gasteiger charge is 2.37. The van der Waals surface area contributed by atoms with Crippen LogP contribution in [0.5, 0.6) is 5.75 Å². The van der Waals surface area contributed by atoms with Crippen LogP contribution in [0.25, 0.3) is 0 Å². The number of rotatable bonds is 3. The first-order chi connectivity index (χ1) is 8.14. The normalized spacial score (nSPS) is 11.9. The van der Waals surface area contributed by atoms with Gasteiger partial charge in [0.1, 0.15) is 12.4 Å². The Morgan fingerprint density at radius 2 is 1.32 bits per heavy atom. The molecule has 0 saturated carbocycles. The van der Waals surface area contributed by atoms with Crippen LogP contribution in [-0.4, -0.2) is 13.2 Å². The maximum absolute atomic E-state index is 12.4. The summed E-state index contributed by atoms with van der Waals surface area (Å²) in [6.45, 7) is -0.184. The molecule has 0 fully saturated rings. The van der Waals surface area contributed by atoms with E-state index in [4.69, 9.17) is 10.5 Å². The first-order valence-electron chi connectivity index (χ1n) is 4.77. The van der Waals surface area contributed by atoms with Crippen molar-refractivity contribution in [2.24, 2.45) is 5.73 Å². The fraction of sp³-hybridized carbons (Fsp3) is 0.400. The molecule has 2 nitrogen and oxygen atoms in total.